The third kappa shape index (κ3) is 7.49. The molecule has 2 heterocycles. The van der Waals surface area contributed by atoms with E-state index in [4.69, 9.17) is 4.74 Å². The Hall–Kier alpha value is -3.23. The van der Waals surface area contributed by atoms with E-state index in [2.05, 4.69) is 9.80 Å². The highest BCUT2D eigenvalue weighted by atomic mass is 19.4. The average molecular weight is 555 g/mol. The summed E-state index contributed by atoms with van der Waals surface area (Å²) in [6, 6.07) is 17.7. The Morgan fingerprint density at radius 2 is 1.62 bits per heavy atom. The molecule has 0 radical (unpaired) electrons. The molecule has 40 heavy (non-hydrogen) atoms. The standard InChI is InChI=1S/C32H34F4N2O2/c33-29-8-4-24(5-9-29)20-38-16-17-40-31-11-7-26(19-27(31)22-38)30(39)10-6-23-12-14-37(15-13-23)21-25-2-1-3-28(18-25)32(34,35)36/h1-5,7-9,11,18-19,23H,6,10,12-17,20-22H2. The Bertz CT molecular complexity index is 1300. The van der Waals surface area contributed by atoms with Crippen molar-refractivity contribution in [2.75, 3.05) is 26.2 Å². The lowest BCUT2D eigenvalue weighted by molar-refractivity contribution is -0.137. The molecule has 0 unspecified atom stereocenters. The van der Waals surface area contributed by atoms with Gasteiger partial charge in [-0.15, -0.1) is 0 Å². The number of carbonyl (C=O) groups is 1. The number of alkyl halides is 3. The van der Waals surface area contributed by atoms with Crippen LogP contribution in [0.2, 0.25) is 0 Å². The zero-order valence-electron chi connectivity index (χ0n) is 22.4. The molecule has 3 aromatic carbocycles. The van der Waals surface area contributed by atoms with Crippen LogP contribution >= 0.6 is 0 Å². The van der Waals surface area contributed by atoms with Gasteiger partial charge in [-0.05, 0) is 85.8 Å². The van der Waals surface area contributed by atoms with Gasteiger partial charge in [0, 0.05) is 43.7 Å². The first-order valence-corrected chi connectivity index (χ1v) is 13.9. The fourth-order valence-corrected chi connectivity index (χ4v) is 5.62. The van der Waals surface area contributed by atoms with Gasteiger partial charge in [-0.2, -0.15) is 13.2 Å². The minimum absolute atomic E-state index is 0.114. The minimum Gasteiger partial charge on any atom is -0.492 e. The first-order valence-electron chi connectivity index (χ1n) is 13.9. The van der Waals surface area contributed by atoms with E-state index in [1.54, 1.807) is 18.2 Å². The quantitative estimate of drug-likeness (QED) is 0.219. The minimum atomic E-state index is -4.33. The summed E-state index contributed by atoms with van der Waals surface area (Å²) in [7, 11) is 0. The van der Waals surface area contributed by atoms with Crippen LogP contribution in [-0.2, 0) is 25.8 Å². The van der Waals surface area contributed by atoms with Crippen molar-refractivity contribution in [2.24, 2.45) is 5.92 Å². The topological polar surface area (TPSA) is 32.8 Å². The zero-order chi connectivity index (χ0) is 28.1. The molecule has 0 N–H and O–H groups in total. The van der Waals surface area contributed by atoms with Crippen LogP contribution in [0.25, 0.3) is 0 Å². The van der Waals surface area contributed by atoms with E-state index >= 15 is 0 Å². The van der Waals surface area contributed by atoms with Crippen LogP contribution in [0.5, 0.6) is 5.75 Å². The van der Waals surface area contributed by atoms with Crippen LogP contribution in [0.3, 0.4) is 0 Å². The zero-order valence-corrected chi connectivity index (χ0v) is 22.4. The molecule has 3 aromatic rings. The van der Waals surface area contributed by atoms with Gasteiger partial charge in [-0.1, -0.05) is 30.3 Å². The van der Waals surface area contributed by atoms with Gasteiger partial charge in [-0.3, -0.25) is 14.6 Å². The third-order valence-corrected chi connectivity index (χ3v) is 7.91. The predicted molar refractivity (Wildman–Crippen MR) is 145 cm³/mol. The van der Waals surface area contributed by atoms with Crippen molar-refractivity contribution in [2.45, 2.75) is 51.5 Å². The molecular weight excluding hydrogens is 520 g/mol. The Morgan fingerprint density at radius 3 is 2.38 bits per heavy atom. The maximum Gasteiger partial charge on any atom is 0.416 e. The van der Waals surface area contributed by atoms with E-state index in [0.29, 0.717) is 49.7 Å². The van der Waals surface area contributed by atoms with Crippen molar-refractivity contribution in [3.05, 3.63) is 100 Å². The van der Waals surface area contributed by atoms with E-state index in [1.165, 1.54) is 24.3 Å². The monoisotopic (exact) mass is 554 g/mol. The molecule has 4 nitrogen and oxygen atoms in total. The van der Waals surface area contributed by atoms with E-state index in [9.17, 15) is 22.4 Å². The molecule has 1 fully saturated rings. The number of likely N-dealkylation sites (tertiary alicyclic amines) is 1. The summed E-state index contributed by atoms with van der Waals surface area (Å²) in [5.41, 5.74) is 2.76. The summed E-state index contributed by atoms with van der Waals surface area (Å²) in [6.07, 6.45) is -1.19. The number of ketones is 1. The highest BCUT2D eigenvalue weighted by Gasteiger charge is 2.30. The fourth-order valence-electron chi connectivity index (χ4n) is 5.62. The second-order valence-electron chi connectivity index (χ2n) is 10.9. The molecular formula is C32H34F4N2O2. The maximum atomic E-state index is 13.3. The molecule has 212 valence electrons. The highest BCUT2D eigenvalue weighted by Crippen LogP contribution is 2.31. The number of halogens is 4. The molecule has 2 aliphatic heterocycles. The molecule has 8 heteroatoms. The highest BCUT2D eigenvalue weighted by molar-refractivity contribution is 5.96. The Balaban J connectivity index is 1.11. The number of fused-ring (bicyclic) bond motifs is 1. The van der Waals surface area contributed by atoms with Crippen molar-refractivity contribution < 1.29 is 27.1 Å². The van der Waals surface area contributed by atoms with Gasteiger partial charge in [0.1, 0.15) is 18.2 Å². The molecule has 0 bridgehead atoms. The van der Waals surface area contributed by atoms with Crippen molar-refractivity contribution >= 4 is 5.78 Å². The molecule has 0 saturated carbocycles. The summed E-state index contributed by atoms with van der Waals surface area (Å²) >= 11 is 0. The molecule has 0 amide bonds. The van der Waals surface area contributed by atoms with Crippen molar-refractivity contribution in [1.82, 2.24) is 9.80 Å². The van der Waals surface area contributed by atoms with Gasteiger partial charge in [0.2, 0.25) is 0 Å². The average Bonchev–Trinajstić information content (AvgIpc) is 3.14. The van der Waals surface area contributed by atoms with Gasteiger partial charge in [0.05, 0.1) is 5.56 Å². The second kappa shape index (κ2) is 12.5. The molecule has 5 rings (SSSR count). The van der Waals surface area contributed by atoms with Crippen LogP contribution < -0.4 is 4.74 Å². The summed E-state index contributed by atoms with van der Waals surface area (Å²) < 4.78 is 58.3. The van der Waals surface area contributed by atoms with E-state index in [1.807, 2.05) is 18.2 Å². The molecule has 0 atom stereocenters. The van der Waals surface area contributed by atoms with Crippen LogP contribution in [0.15, 0.2) is 66.7 Å². The number of carbonyl (C=O) groups excluding carboxylic acids is 1. The smallest absolute Gasteiger partial charge is 0.416 e. The molecule has 1 saturated heterocycles. The van der Waals surface area contributed by atoms with Crippen molar-refractivity contribution in [3.8, 4) is 5.75 Å². The van der Waals surface area contributed by atoms with Gasteiger partial charge < -0.3 is 4.74 Å². The maximum absolute atomic E-state index is 13.3. The lowest BCUT2D eigenvalue weighted by Gasteiger charge is -2.32. The first kappa shape index (κ1) is 28.3. The molecule has 0 aromatic heterocycles. The second-order valence-corrected chi connectivity index (χ2v) is 10.9. The van der Waals surface area contributed by atoms with E-state index < -0.39 is 11.7 Å². The van der Waals surface area contributed by atoms with E-state index in [0.717, 1.165) is 61.8 Å². The van der Waals surface area contributed by atoms with Gasteiger partial charge >= 0.3 is 6.18 Å². The number of ether oxygens (including phenoxy) is 1. The normalized spacial score (nSPS) is 17.2. The number of benzene rings is 3. The number of piperidine rings is 1. The first-order chi connectivity index (χ1) is 19.2. The number of hydrogen-bond donors (Lipinski definition) is 0. The van der Waals surface area contributed by atoms with Crippen LogP contribution in [0.1, 0.15) is 58.3 Å². The van der Waals surface area contributed by atoms with Crippen LogP contribution in [0.4, 0.5) is 17.6 Å². The van der Waals surface area contributed by atoms with Gasteiger partial charge in [0.25, 0.3) is 0 Å². The largest absolute Gasteiger partial charge is 0.492 e. The fraction of sp³-hybridized carbons (Fsp3) is 0.406. The molecule has 2 aliphatic rings. The Morgan fingerprint density at radius 1 is 0.875 bits per heavy atom. The van der Waals surface area contributed by atoms with Crippen molar-refractivity contribution in [1.29, 1.82) is 0 Å². The lowest BCUT2D eigenvalue weighted by atomic mass is 9.90. The summed E-state index contributed by atoms with van der Waals surface area (Å²) in [4.78, 5) is 17.5. The SMILES string of the molecule is O=C(CCC1CCN(Cc2cccc(C(F)(F)F)c2)CC1)c1ccc2c(c1)CN(Cc1ccc(F)cc1)CCO2. The summed E-state index contributed by atoms with van der Waals surface area (Å²) in [5.74, 6) is 1.09. The Labute approximate surface area is 232 Å². The third-order valence-electron chi connectivity index (χ3n) is 7.91. The number of rotatable bonds is 8. The van der Waals surface area contributed by atoms with Gasteiger partial charge in [-0.25, -0.2) is 4.39 Å². The number of Topliss-reactive ketones (excluding diaryl/α,β-unsaturated/α-hetero) is 1. The molecule has 0 spiro atoms. The van der Waals surface area contributed by atoms with Gasteiger partial charge in [0.15, 0.2) is 5.78 Å². The number of hydrogen-bond acceptors (Lipinski definition) is 4. The predicted octanol–water partition coefficient (Wildman–Crippen LogP) is 7.11. The Kier molecular flexibility index (Phi) is 8.86. The van der Waals surface area contributed by atoms with E-state index in [-0.39, 0.29) is 11.6 Å². The summed E-state index contributed by atoms with van der Waals surface area (Å²) in [6.45, 7) is 4.75. The van der Waals surface area contributed by atoms with Crippen LogP contribution in [-0.4, -0.2) is 41.8 Å². The van der Waals surface area contributed by atoms with Crippen molar-refractivity contribution in [3.63, 3.8) is 0 Å². The van der Waals surface area contributed by atoms with Crippen LogP contribution in [0, 0.1) is 11.7 Å². The summed E-state index contributed by atoms with van der Waals surface area (Å²) in [5, 5.41) is 0. The molecule has 0 aliphatic carbocycles. The lowest BCUT2D eigenvalue weighted by Crippen LogP contribution is -2.33. The number of nitrogens with zero attached hydrogens (tertiary/aromatic N) is 2.